The minimum absolute atomic E-state index is 0.0716. The average molecular weight is 298 g/mol. The number of nitro groups is 1. The molecule has 1 atom stereocenters. The molecule has 0 saturated carbocycles. The number of carboxylic acid groups (broad SMARTS) is 1. The van der Waals surface area contributed by atoms with Crippen LogP contribution in [0.15, 0.2) is 0 Å². The van der Waals surface area contributed by atoms with Crippen molar-refractivity contribution in [3.63, 3.8) is 0 Å². The van der Waals surface area contributed by atoms with Crippen LogP contribution >= 0.6 is 0 Å². The second kappa shape index (κ2) is 7.05. The lowest BCUT2D eigenvalue weighted by Crippen LogP contribution is -2.28. The Kier molecular flexibility index (Phi) is 5.69. The van der Waals surface area contributed by atoms with E-state index in [1.807, 2.05) is 20.8 Å². The maximum Gasteiger partial charge on any atom is 0.333 e. The van der Waals surface area contributed by atoms with Gasteiger partial charge in [0.1, 0.15) is 5.69 Å². The van der Waals surface area contributed by atoms with Gasteiger partial charge >= 0.3 is 11.7 Å². The Bertz CT molecular complexity index is 524. The summed E-state index contributed by atoms with van der Waals surface area (Å²) >= 11 is 0. The summed E-state index contributed by atoms with van der Waals surface area (Å²) in [5.74, 6) is -1.32. The van der Waals surface area contributed by atoms with Crippen molar-refractivity contribution in [2.75, 3.05) is 11.9 Å². The van der Waals surface area contributed by atoms with Crippen molar-refractivity contribution in [2.24, 2.45) is 11.8 Å². The highest BCUT2D eigenvalue weighted by molar-refractivity contribution is 5.71. The van der Waals surface area contributed by atoms with Crippen molar-refractivity contribution in [3.05, 3.63) is 15.8 Å². The van der Waals surface area contributed by atoms with Crippen molar-refractivity contribution in [1.29, 1.82) is 0 Å². The van der Waals surface area contributed by atoms with Gasteiger partial charge in [-0.25, -0.2) is 4.68 Å². The zero-order chi connectivity index (χ0) is 16.2. The topological polar surface area (TPSA) is 110 Å². The molecule has 0 aliphatic rings. The van der Waals surface area contributed by atoms with Crippen molar-refractivity contribution < 1.29 is 14.8 Å². The molecule has 0 aliphatic heterocycles. The molecule has 0 bridgehead atoms. The summed E-state index contributed by atoms with van der Waals surface area (Å²) in [4.78, 5) is 21.9. The predicted octanol–water partition coefficient (Wildman–Crippen LogP) is 2.28. The summed E-state index contributed by atoms with van der Waals surface area (Å²) in [6, 6.07) is 0. The SMILES string of the molecule is CCCn1nc(C)c([N+](=O)[O-])c1NCC(C(=O)O)C(C)C. The van der Waals surface area contributed by atoms with E-state index in [-0.39, 0.29) is 24.0 Å². The summed E-state index contributed by atoms with van der Waals surface area (Å²) < 4.78 is 1.53. The first-order valence-corrected chi connectivity index (χ1v) is 6.98. The lowest BCUT2D eigenvalue weighted by molar-refractivity contribution is -0.384. The third kappa shape index (κ3) is 3.93. The van der Waals surface area contributed by atoms with Gasteiger partial charge in [0.25, 0.3) is 0 Å². The number of nitrogens with zero attached hydrogens (tertiary/aromatic N) is 3. The van der Waals surface area contributed by atoms with Crippen LogP contribution in [0.25, 0.3) is 0 Å². The first-order valence-electron chi connectivity index (χ1n) is 6.98. The number of anilines is 1. The van der Waals surface area contributed by atoms with Crippen LogP contribution in [0.2, 0.25) is 0 Å². The van der Waals surface area contributed by atoms with E-state index in [0.717, 1.165) is 6.42 Å². The van der Waals surface area contributed by atoms with Gasteiger partial charge in [-0.15, -0.1) is 0 Å². The fraction of sp³-hybridized carbons (Fsp3) is 0.692. The third-order valence-corrected chi connectivity index (χ3v) is 3.33. The van der Waals surface area contributed by atoms with Crippen molar-refractivity contribution in [2.45, 2.75) is 40.7 Å². The number of carboxylic acids is 1. The van der Waals surface area contributed by atoms with E-state index < -0.39 is 16.8 Å². The molecule has 1 rings (SSSR count). The van der Waals surface area contributed by atoms with E-state index in [2.05, 4.69) is 10.4 Å². The van der Waals surface area contributed by atoms with Crippen LogP contribution in [-0.4, -0.2) is 32.3 Å². The predicted molar refractivity (Wildman–Crippen MR) is 78.4 cm³/mol. The Labute approximate surface area is 123 Å². The number of carbonyl (C=O) groups is 1. The zero-order valence-electron chi connectivity index (χ0n) is 12.8. The fourth-order valence-corrected chi connectivity index (χ4v) is 2.15. The van der Waals surface area contributed by atoms with Gasteiger partial charge in [0, 0.05) is 13.1 Å². The molecular formula is C13H22N4O4. The van der Waals surface area contributed by atoms with Crippen molar-refractivity contribution in [3.8, 4) is 0 Å². The minimum Gasteiger partial charge on any atom is -0.481 e. The number of aliphatic carboxylic acids is 1. The maximum atomic E-state index is 11.2. The average Bonchev–Trinajstić information content (AvgIpc) is 2.65. The molecule has 0 amide bonds. The highest BCUT2D eigenvalue weighted by atomic mass is 16.6. The molecule has 1 aromatic rings. The Morgan fingerprint density at radius 3 is 2.57 bits per heavy atom. The second-order valence-corrected chi connectivity index (χ2v) is 5.33. The smallest absolute Gasteiger partial charge is 0.333 e. The van der Waals surface area contributed by atoms with E-state index in [0.29, 0.717) is 12.2 Å². The largest absolute Gasteiger partial charge is 0.481 e. The molecule has 1 aromatic heterocycles. The normalized spacial score (nSPS) is 12.4. The van der Waals surface area contributed by atoms with Crippen LogP contribution in [0.4, 0.5) is 11.5 Å². The number of aryl methyl sites for hydroxylation is 2. The van der Waals surface area contributed by atoms with Crippen LogP contribution in [-0.2, 0) is 11.3 Å². The van der Waals surface area contributed by atoms with E-state index in [9.17, 15) is 20.0 Å². The van der Waals surface area contributed by atoms with E-state index in [1.54, 1.807) is 6.92 Å². The number of hydrogen-bond acceptors (Lipinski definition) is 5. The molecule has 1 unspecified atom stereocenters. The first kappa shape index (κ1) is 16.9. The molecule has 0 fully saturated rings. The molecular weight excluding hydrogens is 276 g/mol. The molecule has 8 heteroatoms. The molecule has 0 saturated heterocycles. The summed E-state index contributed by atoms with van der Waals surface area (Å²) in [5.41, 5.74) is 0.240. The summed E-state index contributed by atoms with van der Waals surface area (Å²) in [7, 11) is 0. The molecule has 0 aliphatic carbocycles. The van der Waals surface area contributed by atoms with Crippen molar-refractivity contribution >= 4 is 17.5 Å². The lowest BCUT2D eigenvalue weighted by atomic mass is 9.96. The highest BCUT2D eigenvalue weighted by Crippen LogP contribution is 2.29. The third-order valence-electron chi connectivity index (χ3n) is 3.33. The van der Waals surface area contributed by atoms with Crippen LogP contribution in [0.1, 0.15) is 32.9 Å². The zero-order valence-corrected chi connectivity index (χ0v) is 12.8. The summed E-state index contributed by atoms with van der Waals surface area (Å²) in [6.45, 7) is 7.81. The molecule has 8 nitrogen and oxygen atoms in total. The number of nitrogens with one attached hydrogen (secondary N) is 1. The van der Waals surface area contributed by atoms with Gasteiger partial charge < -0.3 is 10.4 Å². The van der Waals surface area contributed by atoms with E-state index in [4.69, 9.17) is 0 Å². The van der Waals surface area contributed by atoms with Gasteiger partial charge in [-0.05, 0) is 19.3 Å². The first-order chi connectivity index (χ1) is 9.79. The van der Waals surface area contributed by atoms with Gasteiger partial charge in [-0.3, -0.25) is 14.9 Å². The molecule has 21 heavy (non-hydrogen) atoms. The summed E-state index contributed by atoms with van der Waals surface area (Å²) in [6.07, 6.45) is 0.777. The fourth-order valence-electron chi connectivity index (χ4n) is 2.15. The van der Waals surface area contributed by atoms with E-state index in [1.165, 1.54) is 4.68 Å². The van der Waals surface area contributed by atoms with Crippen LogP contribution in [0.3, 0.4) is 0 Å². The second-order valence-electron chi connectivity index (χ2n) is 5.33. The van der Waals surface area contributed by atoms with Gasteiger partial charge in [0.05, 0.1) is 10.8 Å². The molecule has 1 heterocycles. The van der Waals surface area contributed by atoms with Crippen LogP contribution < -0.4 is 5.32 Å². The molecule has 2 N–H and O–H groups in total. The monoisotopic (exact) mass is 298 g/mol. The molecule has 0 aromatic carbocycles. The number of aromatic nitrogens is 2. The Balaban J connectivity index is 3.05. The Morgan fingerprint density at radius 1 is 1.52 bits per heavy atom. The Morgan fingerprint density at radius 2 is 2.14 bits per heavy atom. The summed E-state index contributed by atoms with van der Waals surface area (Å²) in [5, 5.41) is 27.4. The molecule has 118 valence electrons. The molecule has 0 radical (unpaired) electrons. The van der Waals surface area contributed by atoms with E-state index >= 15 is 0 Å². The minimum atomic E-state index is -0.918. The molecule has 0 spiro atoms. The van der Waals surface area contributed by atoms with Crippen molar-refractivity contribution in [1.82, 2.24) is 9.78 Å². The van der Waals surface area contributed by atoms with Crippen LogP contribution in [0.5, 0.6) is 0 Å². The number of rotatable bonds is 8. The van der Waals surface area contributed by atoms with Gasteiger partial charge in [0.15, 0.2) is 0 Å². The van der Waals surface area contributed by atoms with Gasteiger partial charge in [-0.2, -0.15) is 5.10 Å². The number of hydrogen-bond donors (Lipinski definition) is 2. The van der Waals surface area contributed by atoms with Gasteiger partial charge in [0.2, 0.25) is 5.82 Å². The standard InChI is InChI=1S/C13H22N4O4/c1-5-6-16-12(11(17(20)21)9(4)15-16)14-7-10(8(2)3)13(18)19/h8,10,14H,5-7H2,1-4H3,(H,18,19). The lowest BCUT2D eigenvalue weighted by Gasteiger charge is -2.17. The Hall–Kier alpha value is -2.12. The van der Waals surface area contributed by atoms with Gasteiger partial charge in [-0.1, -0.05) is 20.8 Å². The highest BCUT2D eigenvalue weighted by Gasteiger charge is 2.27. The quantitative estimate of drug-likeness (QED) is 0.562. The van der Waals surface area contributed by atoms with Crippen LogP contribution in [0, 0.1) is 28.9 Å². The maximum absolute atomic E-state index is 11.2.